The van der Waals surface area contributed by atoms with Gasteiger partial charge in [0.15, 0.2) is 0 Å². The Morgan fingerprint density at radius 2 is 1.84 bits per heavy atom. The lowest BCUT2D eigenvalue weighted by Gasteiger charge is -2.31. The fourth-order valence-corrected chi connectivity index (χ4v) is 4.76. The zero-order valence-electron chi connectivity index (χ0n) is 14.9. The smallest absolute Gasteiger partial charge is 0.243 e. The van der Waals surface area contributed by atoms with Gasteiger partial charge in [-0.1, -0.05) is 18.2 Å². The first kappa shape index (κ1) is 18.1. The molecule has 1 aliphatic heterocycles. The van der Waals surface area contributed by atoms with Crippen molar-refractivity contribution in [3.63, 3.8) is 0 Å². The third-order valence-electron chi connectivity index (χ3n) is 4.74. The zero-order valence-corrected chi connectivity index (χ0v) is 15.7. The third kappa shape index (κ3) is 4.11. The summed E-state index contributed by atoms with van der Waals surface area (Å²) in [4.78, 5) is 7.07. The van der Waals surface area contributed by atoms with E-state index in [1.165, 1.54) is 0 Å². The summed E-state index contributed by atoms with van der Waals surface area (Å²) in [5.41, 5.74) is 0. The molecule has 25 heavy (non-hydrogen) atoms. The van der Waals surface area contributed by atoms with Crippen LogP contribution in [0, 0.1) is 0 Å². The molecule has 0 N–H and O–H groups in total. The Morgan fingerprint density at radius 3 is 2.48 bits per heavy atom. The van der Waals surface area contributed by atoms with Crippen LogP contribution in [-0.2, 0) is 16.6 Å². The molecule has 0 bridgehead atoms. The molecule has 0 radical (unpaired) electrons. The van der Waals surface area contributed by atoms with Crippen LogP contribution < -0.4 is 0 Å². The van der Waals surface area contributed by atoms with Crippen molar-refractivity contribution in [2.45, 2.75) is 30.2 Å². The predicted molar refractivity (Wildman–Crippen MR) is 98.0 cm³/mol. The van der Waals surface area contributed by atoms with E-state index < -0.39 is 10.0 Å². The fourth-order valence-electron chi connectivity index (χ4n) is 3.27. The maximum Gasteiger partial charge on any atom is 0.243 e. The van der Waals surface area contributed by atoms with Crippen molar-refractivity contribution < 1.29 is 8.42 Å². The lowest BCUT2D eigenvalue weighted by molar-refractivity contribution is 0.305. The maximum atomic E-state index is 12.7. The monoisotopic (exact) mass is 362 g/mol. The quantitative estimate of drug-likeness (QED) is 0.789. The Labute approximate surface area is 150 Å². The Bertz CT molecular complexity index is 778. The van der Waals surface area contributed by atoms with Crippen LogP contribution >= 0.6 is 0 Å². The number of sulfonamides is 1. The molecule has 7 heteroatoms. The van der Waals surface area contributed by atoms with Gasteiger partial charge in [0.05, 0.1) is 4.90 Å². The second-order valence-corrected chi connectivity index (χ2v) is 8.71. The molecule has 2 heterocycles. The summed E-state index contributed by atoms with van der Waals surface area (Å²) >= 11 is 0. The fraction of sp³-hybridized carbons (Fsp3) is 0.500. The second kappa shape index (κ2) is 7.68. The second-order valence-electron chi connectivity index (χ2n) is 6.77. The summed E-state index contributed by atoms with van der Waals surface area (Å²) in [7, 11) is 0.732. The number of rotatable bonds is 6. The van der Waals surface area contributed by atoms with E-state index in [-0.39, 0.29) is 0 Å². The van der Waals surface area contributed by atoms with Gasteiger partial charge >= 0.3 is 0 Å². The van der Waals surface area contributed by atoms with Gasteiger partial charge in [-0.2, -0.15) is 4.31 Å². The molecule has 0 spiro atoms. The number of hydrogen-bond acceptors (Lipinski definition) is 4. The highest BCUT2D eigenvalue weighted by atomic mass is 32.2. The molecular weight excluding hydrogens is 336 g/mol. The van der Waals surface area contributed by atoms with E-state index in [0.29, 0.717) is 23.9 Å². The van der Waals surface area contributed by atoms with Gasteiger partial charge in [0, 0.05) is 44.5 Å². The standard InChI is InChI=1S/C18H26N4O2S/c1-20(2)14-15-21-13-10-19-18(21)16-8-11-22(12-9-16)25(23,24)17-6-4-3-5-7-17/h3-7,10,13,16H,8-9,11-12,14-15H2,1-2H3. The highest BCUT2D eigenvalue weighted by Crippen LogP contribution is 2.29. The van der Waals surface area contributed by atoms with Crippen LogP contribution in [0.3, 0.4) is 0 Å². The topological polar surface area (TPSA) is 58.4 Å². The summed E-state index contributed by atoms with van der Waals surface area (Å²) < 4.78 is 29.3. The van der Waals surface area contributed by atoms with Crippen molar-refractivity contribution in [2.24, 2.45) is 0 Å². The molecule has 0 amide bonds. The molecule has 0 unspecified atom stereocenters. The molecule has 1 aromatic heterocycles. The summed E-state index contributed by atoms with van der Waals surface area (Å²) in [5, 5.41) is 0. The first-order valence-corrected chi connectivity index (χ1v) is 10.1. The average Bonchev–Trinajstić information content (AvgIpc) is 3.09. The molecule has 2 aromatic rings. The summed E-state index contributed by atoms with van der Waals surface area (Å²) in [6.07, 6.45) is 5.49. The van der Waals surface area contributed by atoms with Crippen molar-refractivity contribution >= 4 is 10.0 Å². The molecule has 1 aliphatic rings. The summed E-state index contributed by atoms with van der Waals surface area (Å²) in [6.45, 7) is 2.96. The summed E-state index contributed by atoms with van der Waals surface area (Å²) in [5.74, 6) is 1.40. The molecule has 1 saturated heterocycles. The first-order valence-electron chi connectivity index (χ1n) is 8.69. The van der Waals surface area contributed by atoms with Gasteiger partial charge in [-0.25, -0.2) is 13.4 Å². The largest absolute Gasteiger partial charge is 0.333 e. The Morgan fingerprint density at radius 1 is 1.16 bits per heavy atom. The van der Waals surface area contributed by atoms with Gasteiger partial charge in [0.25, 0.3) is 0 Å². The Hall–Kier alpha value is -1.70. The van der Waals surface area contributed by atoms with Gasteiger partial charge in [0.1, 0.15) is 5.82 Å². The van der Waals surface area contributed by atoms with E-state index in [9.17, 15) is 8.42 Å². The SMILES string of the molecule is CN(C)CCn1ccnc1C1CCN(S(=O)(=O)c2ccccc2)CC1. The van der Waals surface area contributed by atoms with Crippen molar-refractivity contribution in [3.05, 3.63) is 48.5 Å². The number of nitrogens with zero attached hydrogens (tertiary/aromatic N) is 4. The molecule has 6 nitrogen and oxygen atoms in total. The lowest BCUT2D eigenvalue weighted by atomic mass is 9.97. The van der Waals surface area contributed by atoms with Crippen LogP contribution in [0.4, 0.5) is 0 Å². The minimum Gasteiger partial charge on any atom is -0.333 e. The van der Waals surface area contributed by atoms with Crippen molar-refractivity contribution in [1.82, 2.24) is 18.8 Å². The van der Waals surface area contributed by atoms with Crippen LogP contribution in [0.1, 0.15) is 24.6 Å². The molecular formula is C18H26N4O2S. The van der Waals surface area contributed by atoms with E-state index in [1.54, 1.807) is 28.6 Å². The van der Waals surface area contributed by atoms with E-state index >= 15 is 0 Å². The number of imidazole rings is 1. The first-order chi connectivity index (χ1) is 12.0. The van der Waals surface area contributed by atoms with Crippen LogP contribution in [0.2, 0.25) is 0 Å². The van der Waals surface area contributed by atoms with E-state index in [4.69, 9.17) is 0 Å². The number of likely N-dealkylation sites (N-methyl/N-ethyl adjacent to an activating group) is 1. The van der Waals surface area contributed by atoms with Crippen LogP contribution in [-0.4, -0.2) is 60.9 Å². The van der Waals surface area contributed by atoms with Gasteiger partial charge < -0.3 is 9.47 Å². The molecule has 1 fully saturated rings. The van der Waals surface area contributed by atoms with Gasteiger partial charge in [-0.3, -0.25) is 0 Å². The molecule has 1 aromatic carbocycles. The van der Waals surface area contributed by atoms with E-state index in [1.807, 2.05) is 18.5 Å². The van der Waals surface area contributed by atoms with Crippen LogP contribution in [0.25, 0.3) is 0 Å². The zero-order chi connectivity index (χ0) is 17.9. The van der Waals surface area contributed by atoms with Crippen molar-refractivity contribution in [1.29, 1.82) is 0 Å². The normalized spacial score (nSPS) is 17.2. The van der Waals surface area contributed by atoms with Gasteiger partial charge in [0.2, 0.25) is 10.0 Å². The van der Waals surface area contributed by atoms with Gasteiger partial charge in [-0.05, 0) is 39.1 Å². The third-order valence-corrected chi connectivity index (χ3v) is 6.65. The molecule has 136 valence electrons. The average molecular weight is 362 g/mol. The van der Waals surface area contributed by atoms with Crippen LogP contribution in [0.15, 0.2) is 47.6 Å². The number of piperidine rings is 1. The van der Waals surface area contributed by atoms with Gasteiger partial charge in [-0.15, -0.1) is 0 Å². The Kier molecular flexibility index (Phi) is 5.56. The molecule has 0 saturated carbocycles. The van der Waals surface area contributed by atoms with Crippen LogP contribution in [0.5, 0.6) is 0 Å². The van der Waals surface area contributed by atoms with Crippen molar-refractivity contribution in [2.75, 3.05) is 33.7 Å². The molecule has 0 atom stereocenters. The minimum absolute atomic E-state index is 0.319. The highest BCUT2D eigenvalue weighted by molar-refractivity contribution is 7.89. The minimum atomic E-state index is -3.39. The Balaban J connectivity index is 1.66. The predicted octanol–water partition coefficient (Wildman–Crippen LogP) is 2.01. The molecule has 0 aliphatic carbocycles. The lowest BCUT2D eigenvalue weighted by Crippen LogP contribution is -2.38. The summed E-state index contributed by atoms with van der Waals surface area (Å²) in [6, 6.07) is 8.69. The number of benzene rings is 1. The van der Waals surface area contributed by atoms with E-state index in [2.05, 4.69) is 28.5 Å². The highest BCUT2D eigenvalue weighted by Gasteiger charge is 2.31. The van der Waals surface area contributed by atoms with E-state index in [0.717, 1.165) is 31.8 Å². The number of hydrogen-bond donors (Lipinski definition) is 0. The number of aromatic nitrogens is 2. The molecule has 3 rings (SSSR count). The maximum absolute atomic E-state index is 12.7. The van der Waals surface area contributed by atoms with Crippen molar-refractivity contribution in [3.8, 4) is 0 Å².